The molecule has 1 saturated heterocycles. The number of phenolic OH excluding ortho intramolecular Hbond substituents is 1. The van der Waals surface area contributed by atoms with Gasteiger partial charge in [0, 0.05) is 32.6 Å². The Morgan fingerprint density at radius 1 is 0.892 bits per heavy atom. The van der Waals surface area contributed by atoms with E-state index in [-0.39, 0.29) is 29.5 Å². The Hall–Kier alpha value is -3.39. The van der Waals surface area contributed by atoms with Crippen LogP contribution in [0.1, 0.15) is 45.5 Å². The molecule has 3 aromatic carbocycles. The summed E-state index contributed by atoms with van der Waals surface area (Å²) < 4.78 is 6.64. The summed E-state index contributed by atoms with van der Waals surface area (Å²) in [5.41, 5.74) is 2.01. The smallest absolute Gasteiger partial charge is 0.335 e. The van der Waals surface area contributed by atoms with Gasteiger partial charge in [-0.1, -0.05) is 12.5 Å². The fraction of sp³-hybridized carbons (Fsp3) is 0.241. The van der Waals surface area contributed by atoms with Crippen molar-refractivity contribution in [2.45, 2.75) is 19.3 Å². The van der Waals surface area contributed by atoms with Crippen LogP contribution in [0.5, 0.6) is 11.5 Å². The predicted molar refractivity (Wildman–Crippen MR) is 149 cm³/mol. The van der Waals surface area contributed by atoms with Crippen molar-refractivity contribution in [3.05, 3.63) is 83.4 Å². The lowest BCUT2D eigenvalue weighted by molar-refractivity contribution is 0.0697. The highest BCUT2D eigenvalue weighted by Crippen LogP contribution is 2.40. The molecule has 2 heterocycles. The van der Waals surface area contributed by atoms with Crippen molar-refractivity contribution >= 4 is 45.6 Å². The summed E-state index contributed by atoms with van der Waals surface area (Å²) in [4.78, 5) is 28.4. The number of fused-ring (bicyclic) bond motifs is 1. The Kier molecular flexibility index (Phi) is 8.48. The number of hydrogen-bond acceptors (Lipinski definition) is 6. The molecule has 0 unspecified atom stereocenters. The summed E-state index contributed by atoms with van der Waals surface area (Å²) in [6, 6.07) is 18.7. The van der Waals surface area contributed by atoms with E-state index < -0.39 is 5.97 Å². The first-order chi connectivity index (χ1) is 17.5. The maximum Gasteiger partial charge on any atom is 0.335 e. The zero-order chi connectivity index (χ0) is 25.1. The van der Waals surface area contributed by atoms with Gasteiger partial charge in [-0.05, 0) is 92.2 Å². The minimum Gasteiger partial charge on any atom is -0.508 e. The van der Waals surface area contributed by atoms with E-state index in [0.717, 1.165) is 40.5 Å². The molecule has 6 nitrogen and oxygen atoms in total. The average molecular weight is 538 g/mol. The molecule has 0 amide bonds. The number of carbonyl (C=O) groups excluding carboxylic acids is 1. The number of thiophene rings is 1. The average Bonchev–Trinajstić information content (AvgIpc) is 3.28. The van der Waals surface area contributed by atoms with Crippen molar-refractivity contribution in [2.24, 2.45) is 0 Å². The third kappa shape index (κ3) is 5.96. The number of likely N-dealkylation sites (tertiary alicyclic amines) is 1. The van der Waals surface area contributed by atoms with Crippen LogP contribution >= 0.6 is 23.7 Å². The first-order valence-corrected chi connectivity index (χ1v) is 12.9. The van der Waals surface area contributed by atoms with Crippen molar-refractivity contribution in [1.29, 1.82) is 0 Å². The van der Waals surface area contributed by atoms with Crippen LogP contribution in [0.25, 0.3) is 20.5 Å². The molecule has 1 aliphatic rings. The number of aromatic hydroxyl groups is 1. The summed E-state index contributed by atoms with van der Waals surface area (Å²) >= 11 is 1.37. The van der Waals surface area contributed by atoms with Crippen molar-refractivity contribution in [2.75, 3.05) is 26.2 Å². The molecular formula is C29H28ClNO5S. The molecule has 1 fully saturated rings. The lowest BCUT2D eigenvalue weighted by Gasteiger charge is -2.26. The molecule has 192 valence electrons. The number of carboxylic acids is 1. The van der Waals surface area contributed by atoms with Gasteiger partial charge in [0.15, 0.2) is 5.78 Å². The number of aromatic carboxylic acids is 1. The summed E-state index contributed by atoms with van der Waals surface area (Å²) in [5.74, 6) is -0.298. The van der Waals surface area contributed by atoms with Crippen molar-refractivity contribution < 1.29 is 24.5 Å². The lowest BCUT2D eigenvalue weighted by Crippen LogP contribution is -2.33. The van der Waals surface area contributed by atoms with Gasteiger partial charge in [-0.25, -0.2) is 4.79 Å². The third-order valence-electron chi connectivity index (χ3n) is 6.53. The number of hydrogen-bond donors (Lipinski definition) is 2. The molecule has 0 spiro atoms. The Morgan fingerprint density at radius 3 is 2.24 bits per heavy atom. The van der Waals surface area contributed by atoms with Crippen molar-refractivity contribution in [3.63, 3.8) is 0 Å². The van der Waals surface area contributed by atoms with Crippen LogP contribution in [0.15, 0.2) is 66.7 Å². The first-order valence-electron chi connectivity index (χ1n) is 12.1. The maximum atomic E-state index is 13.7. The number of ether oxygens (including phenoxy) is 1. The van der Waals surface area contributed by atoms with E-state index in [4.69, 9.17) is 4.74 Å². The quantitative estimate of drug-likeness (QED) is 0.250. The van der Waals surface area contributed by atoms with Crippen LogP contribution in [0.4, 0.5) is 0 Å². The van der Waals surface area contributed by atoms with Gasteiger partial charge in [-0.3, -0.25) is 9.69 Å². The number of rotatable bonds is 8. The second kappa shape index (κ2) is 11.8. The second-order valence-corrected chi connectivity index (χ2v) is 10.0. The van der Waals surface area contributed by atoms with Gasteiger partial charge in [-0.15, -0.1) is 23.7 Å². The largest absolute Gasteiger partial charge is 0.508 e. The van der Waals surface area contributed by atoms with E-state index in [1.165, 1.54) is 36.7 Å². The summed E-state index contributed by atoms with van der Waals surface area (Å²) in [7, 11) is 0. The first kappa shape index (κ1) is 26.7. The molecule has 2 N–H and O–H groups in total. The normalized spacial score (nSPS) is 13.7. The van der Waals surface area contributed by atoms with Gasteiger partial charge < -0.3 is 14.9 Å². The Balaban J connectivity index is 0.00000320. The number of carbonyl (C=O) groups is 2. The highest BCUT2D eigenvalue weighted by atomic mass is 35.5. The molecule has 0 atom stereocenters. The molecule has 4 aromatic rings. The van der Waals surface area contributed by atoms with E-state index in [1.807, 2.05) is 12.1 Å². The highest BCUT2D eigenvalue weighted by Gasteiger charge is 2.22. The lowest BCUT2D eigenvalue weighted by atomic mass is 9.97. The number of halogens is 1. The Bertz CT molecular complexity index is 1390. The molecule has 37 heavy (non-hydrogen) atoms. The maximum absolute atomic E-state index is 13.7. The molecule has 5 rings (SSSR count). The molecule has 0 aliphatic carbocycles. The van der Waals surface area contributed by atoms with E-state index in [0.29, 0.717) is 23.1 Å². The van der Waals surface area contributed by atoms with Crippen molar-refractivity contribution in [3.8, 4) is 21.9 Å². The monoisotopic (exact) mass is 537 g/mol. The summed E-state index contributed by atoms with van der Waals surface area (Å²) in [5, 5.41) is 19.8. The molecule has 0 saturated carbocycles. The second-order valence-electron chi connectivity index (χ2n) is 8.97. The van der Waals surface area contributed by atoms with E-state index in [9.17, 15) is 19.8 Å². The molecule has 0 radical (unpaired) electrons. The number of ketones is 1. The molecule has 1 aromatic heterocycles. The van der Waals surface area contributed by atoms with Gasteiger partial charge in [0.25, 0.3) is 0 Å². The topological polar surface area (TPSA) is 87.1 Å². The standard InChI is InChI=1S/C29H27NO5S.ClH/c31-22-9-4-20(5-10-22)28-26(24-13-8-21(29(33)34)18-25(24)36-28)27(32)19-6-11-23(12-7-19)35-17-16-30-14-2-1-3-15-30;/h4-13,18,31H,1-3,14-17H2,(H,33,34);1H. The van der Waals surface area contributed by atoms with Crippen LogP contribution in [0.3, 0.4) is 0 Å². The number of phenols is 1. The van der Waals surface area contributed by atoms with Gasteiger partial charge in [-0.2, -0.15) is 0 Å². The third-order valence-corrected chi connectivity index (χ3v) is 7.74. The minimum atomic E-state index is -1.01. The number of nitrogens with zero attached hydrogens (tertiary/aromatic N) is 1. The zero-order valence-corrected chi connectivity index (χ0v) is 21.8. The Morgan fingerprint density at radius 2 is 1.57 bits per heavy atom. The fourth-order valence-electron chi connectivity index (χ4n) is 4.59. The van der Waals surface area contributed by atoms with Crippen LogP contribution < -0.4 is 4.74 Å². The molecule has 1 aliphatic heterocycles. The van der Waals surface area contributed by atoms with E-state index in [1.54, 1.807) is 48.5 Å². The van der Waals surface area contributed by atoms with Gasteiger partial charge in [0.05, 0.1) is 5.56 Å². The number of piperidine rings is 1. The van der Waals surface area contributed by atoms with Gasteiger partial charge in [0.2, 0.25) is 0 Å². The van der Waals surface area contributed by atoms with Crippen molar-refractivity contribution in [1.82, 2.24) is 4.90 Å². The highest BCUT2D eigenvalue weighted by molar-refractivity contribution is 7.22. The summed E-state index contributed by atoms with van der Waals surface area (Å²) in [6.07, 6.45) is 3.80. The van der Waals surface area contributed by atoms with Crippen LogP contribution in [-0.4, -0.2) is 53.1 Å². The van der Waals surface area contributed by atoms with Crippen LogP contribution in [0.2, 0.25) is 0 Å². The van der Waals surface area contributed by atoms with E-state index >= 15 is 0 Å². The summed E-state index contributed by atoms with van der Waals surface area (Å²) in [6.45, 7) is 3.76. The minimum absolute atomic E-state index is 0. The SMILES string of the molecule is Cl.O=C(O)c1ccc2c(C(=O)c3ccc(OCCN4CCCCC4)cc3)c(-c3ccc(O)cc3)sc2c1. The molecule has 0 bridgehead atoms. The fourth-order valence-corrected chi connectivity index (χ4v) is 5.84. The predicted octanol–water partition coefficient (Wildman–Crippen LogP) is 6.49. The number of benzene rings is 3. The zero-order valence-electron chi connectivity index (χ0n) is 20.2. The van der Waals surface area contributed by atoms with Gasteiger partial charge in [0.1, 0.15) is 18.1 Å². The molecular weight excluding hydrogens is 510 g/mol. The Labute approximate surface area is 225 Å². The number of carboxylic acid groups (broad SMARTS) is 1. The van der Waals surface area contributed by atoms with Crippen LogP contribution in [-0.2, 0) is 0 Å². The molecule has 8 heteroatoms. The van der Waals surface area contributed by atoms with Gasteiger partial charge >= 0.3 is 5.97 Å². The van der Waals surface area contributed by atoms with E-state index in [2.05, 4.69) is 4.90 Å². The van der Waals surface area contributed by atoms with Crippen LogP contribution in [0, 0.1) is 0 Å².